The number of methoxy groups -OCH3 is 1. The summed E-state index contributed by atoms with van der Waals surface area (Å²) in [6, 6.07) is 14.5. The highest BCUT2D eigenvalue weighted by atomic mass is 32.1. The van der Waals surface area contributed by atoms with Crippen molar-refractivity contribution in [2.24, 2.45) is 0 Å². The van der Waals surface area contributed by atoms with Crippen molar-refractivity contribution in [3.05, 3.63) is 53.1 Å². The lowest BCUT2D eigenvalue weighted by molar-refractivity contribution is 0.150. The van der Waals surface area contributed by atoms with Crippen LogP contribution in [0.15, 0.2) is 36.4 Å². The maximum Gasteiger partial charge on any atom is 0.148 e. The van der Waals surface area contributed by atoms with Gasteiger partial charge in [-0.2, -0.15) is 5.26 Å². The topological polar surface area (TPSA) is 71.3 Å². The molecule has 0 saturated carbocycles. The number of hydrogen-bond donors (Lipinski definition) is 0. The van der Waals surface area contributed by atoms with Crippen molar-refractivity contribution >= 4 is 11.3 Å². The quantitative estimate of drug-likeness (QED) is 0.527. The maximum absolute atomic E-state index is 9.51. The minimum atomic E-state index is 0.0151. The van der Waals surface area contributed by atoms with Crippen LogP contribution in [-0.2, 0) is 17.6 Å². The highest BCUT2D eigenvalue weighted by Crippen LogP contribution is 2.33. The highest BCUT2D eigenvalue weighted by Gasteiger charge is 2.17. The Morgan fingerprint density at radius 2 is 1.72 bits per heavy atom. The first kappa shape index (κ1) is 22.4. The van der Waals surface area contributed by atoms with Gasteiger partial charge in [-0.15, -0.1) is 10.2 Å². The smallest absolute Gasteiger partial charge is 0.148 e. The zero-order valence-corrected chi connectivity index (χ0v) is 19.6. The van der Waals surface area contributed by atoms with E-state index in [1.54, 1.807) is 18.4 Å². The molecule has 0 aliphatic carbocycles. The average Bonchev–Trinajstić information content (AvgIpc) is 3.20. The van der Waals surface area contributed by atoms with Crippen LogP contribution in [0.4, 0.5) is 0 Å². The number of nitriles is 1. The largest absolute Gasteiger partial charge is 0.490 e. The first-order valence-electron chi connectivity index (χ1n) is 11.0. The van der Waals surface area contributed by atoms with E-state index in [1.165, 1.54) is 11.1 Å². The first-order chi connectivity index (χ1) is 15.6. The summed E-state index contributed by atoms with van der Waals surface area (Å²) in [4.78, 5) is 2.46. The Morgan fingerprint density at radius 3 is 2.41 bits per heavy atom. The lowest BCUT2D eigenvalue weighted by atomic mass is 10.0. The lowest BCUT2D eigenvalue weighted by Crippen LogP contribution is -2.29. The van der Waals surface area contributed by atoms with E-state index in [0.717, 1.165) is 60.2 Å². The molecule has 2 heterocycles. The number of nitrogens with zero attached hydrogens (tertiary/aromatic N) is 4. The second kappa shape index (κ2) is 10.2. The van der Waals surface area contributed by atoms with Crippen molar-refractivity contribution in [3.8, 4) is 33.0 Å². The van der Waals surface area contributed by atoms with Crippen molar-refractivity contribution < 1.29 is 9.47 Å². The summed E-state index contributed by atoms with van der Waals surface area (Å²) in [5.41, 5.74) is 5.29. The SMILES string of the molecule is COCCN1CCc2ccc(-c3nnc(-c4ccc(OC(C)C)c(C#N)c4)s3)cc2CC1. The fourth-order valence-electron chi connectivity index (χ4n) is 3.91. The summed E-state index contributed by atoms with van der Waals surface area (Å²) < 4.78 is 11.0. The molecule has 6 nitrogen and oxygen atoms in total. The summed E-state index contributed by atoms with van der Waals surface area (Å²) in [7, 11) is 1.75. The molecular weight excluding hydrogens is 420 g/mol. The third-order valence-corrected chi connectivity index (χ3v) is 6.62. The second-order valence-electron chi connectivity index (χ2n) is 8.22. The molecule has 0 unspecified atom stereocenters. The van der Waals surface area contributed by atoms with Crippen molar-refractivity contribution in [2.75, 3.05) is 33.4 Å². The number of rotatable bonds is 7. The predicted molar refractivity (Wildman–Crippen MR) is 127 cm³/mol. The van der Waals surface area contributed by atoms with Gasteiger partial charge in [0.2, 0.25) is 0 Å². The van der Waals surface area contributed by atoms with Gasteiger partial charge >= 0.3 is 0 Å². The Bertz CT molecular complexity index is 1120. The summed E-state index contributed by atoms with van der Waals surface area (Å²) >= 11 is 1.55. The molecular formula is C25H28N4O2S. The van der Waals surface area contributed by atoms with Gasteiger partial charge in [0.05, 0.1) is 18.3 Å². The zero-order valence-electron chi connectivity index (χ0n) is 18.8. The Labute approximate surface area is 193 Å². The van der Waals surface area contributed by atoms with Crippen molar-refractivity contribution in [1.82, 2.24) is 15.1 Å². The first-order valence-corrected chi connectivity index (χ1v) is 11.8. The Morgan fingerprint density at radius 1 is 1.03 bits per heavy atom. The molecule has 0 bridgehead atoms. The molecule has 3 aromatic rings. The second-order valence-corrected chi connectivity index (χ2v) is 9.20. The zero-order chi connectivity index (χ0) is 22.5. The van der Waals surface area contributed by atoms with Gasteiger partial charge in [-0.25, -0.2) is 0 Å². The van der Waals surface area contributed by atoms with Crippen LogP contribution in [0.5, 0.6) is 5.75 Å². The maximum atomic E-state index is 9.51. The van der Waals surface area contributed by atoms with Crippen LogP contribution in [0.25, 0.3) is 21.1 Å². The molecule has 0 saturated heterocycles. The molecule has 0 amide bonds. The van der Waals surface area contributed by atoms with Gasteiger partial charge in [0.15, 0.2) is 0 Å². The van der Waals surface area contributed by atoms with Gasteiger partial charge in [-0.3, -0.25) is 0 Å². The van der Waals surface area contributed by atoms with Crippen LogP contribution in [0.3, 0.4) is 0 Å². The van der Waals surface area contributed by atoms with Crippen LogP contribution in [0.1, 0.15) is 30.5 Å². The van der Waals surface area contributed by atoms with E-state index < -0.39 is 0 Å². The molecule has 1 aliphatic heterocycles. The van der Waals surface area contributed by atoms with Crippen molar-refractivity contribution in [3.63, 3.8) is 0 Å². The van der Waals surface area contributed by atoms with Gasteiger partial charge in [0.25, 0.3) is 0 Å². The van der Waals surface area contributed by atoms with Crippen LogP contribution < -0.4 is 4.74 Å². The summed E-state index contributed by atoms with van der Waals surface area (Å²) in [5, 5.41) is 20.1. The molecule has 1 aromatic heterocycles. The van der Waals surface area contributed by atoms with Gasteiger partial charge in [0, 0.05) is 37.9 Å². The third-order valence-electron chi connectivity index (χ3n) is 5.59. The number of hydrogen-bond acceptors (Lipinski definition) is 7. The van der Waals surface area contributed by atoms with Crippen molar-refractivity contribution in [1.29, 1.82) is 5.26 Å². The third kappa shape index (κ3) is 5.16. The van der Waals surface area contributed by atoms with Gasteiger partial charge < -0.3 is 14.4 Å². The van der Waals surface area contributed by atoms with Gasteiger partial charge in [-0.05, 0) is 62.1 Å². The highest BCUT2D eigenvalue weighted by molar-refractivity contribution is 7.17. The molecule has 4 rings (SSSR count). The molecule has 32 heavy (non-hydrogen) atoms. The van der Waals surface area contributed by atoms with E-state index in [0.29, 0.717) is 11.3 Å². The Kier molecular flexibility index (Phi) is 7.15. The molecule has 0 atom stereocenters. The minimum Gasteiger partial charge on any atom is -0.490 e. The van der Waals surface area contributed by atoms with Gasteiger partial charge in [-0.1, -0.05) is 23.5 Å². The summed E-state index contributed by atoms with van der Waals surface area (Å²) in [5.74, 6) is 0.598. The number of aromatic nitrogens is 2. The molecule has 1 aliphatic rings. The molecule has 0 radical (unpaired) electrons. The molecule has 0 N–H and O–H groups in total. The number of fused-ring (bicyclic) bond motifs is 1. The normalized spacial score (nSPS) is 14.1. The number of ether oxygens (including phenoxy) is 2. The standard InChI is InChI=1S/C25H28N4O2S/c1-17(2)31-23-7-6-21(15-22(23)16-26)25-28-27-24(32-25)20-5-4-18-8-10-29(12-13-30-3)11-9-19(18)14-20/h4-7,14-15,17H,8-13H2,1-3H3. The fraction of sp³-hybridized carbons (Fsp3) is 0.400. The van der Waals surface area contributed by atoms with E-state index in [2.05, 4.69) is 39.4 Å². The average molecular weight is 449 g/mol. The van der Waals surface area contributed by atoms with Crippen LogP contribution >= 0.6 is 11.3 Å². The van der Waals surface area contributed by atoms with Crippen LogP contribution in [-0.4, -0.2) is 54.6 Å². The summed E-state index contributed by atoms with van der Waals surface area (Å²) in [6.45, 7) is 7.75. The number of benzene rings is 2. The van der Waals surface area contributed by atoms with Crippen LogP contribution in [0, 0.1) is 11.3 Å². The monoisotopic (exact) mass is 448 g/mol. The van der Waals surface area contributed by atoms with Crippen molar-refractivity contribution in [2.45, 2.75) is 32.8 Å². The van der Waals surface area contributed by atoms with E-state index in [4.69, 9.17) is 9.47 Å². The molecule has 0 fully saturated rings. The van der Waals surface area contributed by atoms with Gasteiger partial charge in [0.1, 0.15) is 21.8 Å². The Balaban J connectivity index is 1.54. The summed E-state index contributed by atoms with van der Waals surface area (Å²) in [6.07, 6.45) is 2.10. The van der Waals surface area contributed by atoms with E-state index in [9.17, 15) is 5.26 Å². The fourth-order valence-corrected chi connectivity index (χ4v) is 4.75. The predicted octanol–water partition coefficient (Wildman–Crippen LogP) is 4.58. The minimum absolute atomic E-state index is 0.0151. The molecule has 166 valence electrons. The lowest BCUT2D eigenvalue weighted by Gasteiger charge is -2.18. The Hall–Kier alpha value is -2.79. The molecule has 7 heteroatoms. The van der Waals surface area contributed by atoms with E-state index >= 15 is 0 Å². The van der Waals surface area contributed by atoms with E-state index in [1.807, 2.05) is 32.0 Å². The van der Waals surface area contributed by atoms with Crippen LogP contribution in [0.2, 0.25) is 0 Å². The molecule has 0 spiro atoms. The molecule has 2 aromatic carbocycles. The van der Waals surface area contributed by atoms with E-state index in [-0.39, 0.29) is 6.10 Å².